The molecule has 6 heteroatoms. The fraction of sp³-hybridized carbons (Fsp3) is 1.00. The van der Waals surface area contributed by atoms with E-state index in [0.717, 1.165) is 19.6 Å². The highest BCUT2D eigenvalue weighted by molar-refractivity contribution is 4.70. The van der Waals surface area contributed by atoms with Crippen LogP contribution in [-0.2, 0) is 23.7 Å². The molecule has 1 saturated heterocycles. The monoisotopic (exact) mass is 771 g/mol. The normalized spacial score (nSPS) is 15.9. The van der Waals surface area contributed by atoms with Crippen LogP contribution < -0.4 is 0 Å². The van der Waals surface area contributed by atoms with Crippen LogP contribution in [-0.4, -0.2) is 68.8 Å². The van der Waals surface area contributed by atoms with Gasteiger partial charge in [-0.3, -0.25) is 0 Å². The summed E-state index contributed by atoms with van der Waals surface area (Å²) >= 11 is 0. The Morgan fingerprint density at radius 1 is 0.519 bits per heavy atom. The van der Waals surface area contributed by atoms with E-state index in [1.165, 1.54) is 199 Å². The Bertz CT molecular complexity index is 663. The first-order chi connectivity index (χ1) is 26.3. The molecule has 1 aliphatic rings. The van der Waals surface area contributed by atoms with Crippen LogP contribution in [0.5, 0.6) is 0 Å². The molecule has 0 saturated carbocycles. The standard InChI is InChI=1S/C24H48O3.C24H50O3/c1-4-5-6-7-8-9-10-11-12-13-14-15-16-17-18-19-20-25-21-23-22-26-24(2,3)27-23;1-4-5-6-7-8-9-10-11-12-13-14-15-16-17-18-19-20-26-22-24(21-25)27-23(2)3/h23H,4-22H2,1-3H3;23-25H,4-22H2,1-3H3/t23-;24-/m10/s1. The molecule has 0 aromatic rings. The molecule has 2 atom stereocenters. The molecule has 0 radical (unpaired) electrons. The zero-order chi connectivity index (χ0) is 39.6. The molecule has 0 aliphatic carbocycles. The zero-order valence-electron chi connectivity index (χ0n) is 37.6. The van der Waals surface area contributed by atoms with Crippen LogP contribution >= 0.6 is 0 Å². The van der Waals surface area contributed by atoms with Gasteiger partial charge in [-0.1, -0.05) is 206 Å². The molecule has 1 fully saturated rings. The van der Waals surface area contributed by atoms with Gasteiger partial charge in [-0.15, -0.1) is 0 Å². The molecule has 1 aliphatic heterocycles. The maximum absolute atomic E-state index is 9.21. The van der Waals surface area contributed by atoms with E-state index in [1.807, 2.05) is 27.7 Å². The Morgan fingerprint density at radius 3 is 1.15 bits per heavy atom. The predicted molar refractivity (Wildman–Crippen MR) is 233 cm³/mol. The molecule has 326 valence electrons. The lowest BCUT2D eigenvalue weighted by Crippen LogP contribution is -2.27. The van der Waals surface area contributed by atoms with Crippen molar-refractivity contribution in [3.63, 3.8) is 0 Å². The topological polar surface area (TPSA) is 66.4 Å². The molecule has 0 bridgehead atoms. The predicted octanol–water partition coefficient (Wildman–Crippen LogP) is 14.5. The molecule has 54 heavy (non-hydrogen) atoms. The average molecular weight is 771 g/mol. The summed E-state index contributed by atoms with van der Waals surface area (Å²) in [7, 11) is 0. The molecule has 0 aromatic heterocycles. The second kappa shape index (κ2) is 42.4. The van der Waals surface area contributed by atoms with Crippen molar-refractivity contribution in [1.82, 2.24) is 0 Å². The van der Waals surface area contributed by atoms with Crippen LogP contribution in [0.3, 0.4) is 0 Å². The lowest BCUT2D eigenvalue weighted by atomic mass is 10.0. The third-order valence-corrected chi connectivity index (χ3v) is 10.6. The summed E-state index contributed by atoms with van der Waals surface area (Å²) in [5.74, 6) is -0.428. The van der Waals surface area contributed by atoms with Gasteiger partial charge in [0.05, 0.1) is 32.5 Å². The van der Waals surface area contributed by atoms with E-state index >= 15 is 0 Å². The highest BCUT2D eigenvalue weighted by Gasteiger charge is 2.32. The Hall–Kier alpha value is -0.240. The molecule has 0 aromatic carbocycles. The fourth-order valence-electron chi connectivity index (χ4n) is 7.30. The van der Waals surface area contributed by atoms with Crippen molar-refractivity contribution in [2.45, 2.75) is 271 Å². The second-order valence-electron chi connectivity index (χ2n) is 17.2. The second-order valence-corrected chi connectivity index (χ2v) is 17.2. The molecular formula is C48H98O6. The highest BCUT2D eigenvalue weighted by Crippen LogP contribution is 2.22. The third kappa shape index (κ3) is 41.4. The lowest BCUT2D eigenvalue weighted by Gasteiger charge is -2.18. The number of ether oxygens (including phenoxy) is 5. The molecule has 1 rings (SSSR count). The minimum absolute atomic E-state index is 0.0388. The van der Waals surface area contributed by atoms with Gasteiger partial charge in [0.25, 0.3) is 0 Å². The van der Waals surface area contributed by atoms with Crippen molar-refractivity contribution in [1.29, 1.82) is 0 Å². The number of aliphatic hydroxyl groups is 1. The number of hydrogen-bond donors (Lipinski definition) is 1. The van der Waals surface area contributed by atoms with Gasteiger partial charge in [0.1, 0.15) is 12.2 Å². The van der Waals surface area contributed by atoms with Crippen molar-refractivity contribution in [2.75, 3.05) is 39.6 Å². The van der Waals surface area contributed by atoms with Gasteiger partial charge in [0.15, 0.2) is 5.79 Å². The Labute approximate surface area is 338 Å². The van der Waals surface area contributed by atoms with Crippen LogP contribution in [0, 0.1) is 0 Å². The number of hydrogen-bond acceptors (Lipinski definition) is 6. The van der Waals surface area contributed by atoms with E-state index in [4.69, 9.17) is 23.7 Å². The van der Waals surface area contributed by atoms with Gasteiger partial charge in [-0.05, 0) is 40.5 Å². The SMILES string of the molecule is CCCCCCCCCCCCCCCCCCOC[C@@H]1COC(C)(C)O1.CCCCCCCCCCCCCCCCCCOC[C@H](CO)OC(C)C. The van der Waals surface area contributed by atoms with Crippen LogP contribution in [0.25, 0.3) is 0 Å². The first-order valence-corrected chi connectivity index (χ1v) is 24.1. The average Bonchev–Trinajstić information content (AvgIpc) is 3.51. The van der Waals surface area contributed by atoms with Gasteiger partial charge in [-0.25, -0.2) is 0 Å². The van der Waals surface area contributed by atoms with Crippen molar-refractivity contribution in [3.8, 4) is 0 Å². The Balaban J connectivity index is 0.00000104. The molecule has 1 N–H and O–H groups in total. The summed E-state index contributed by atoms with van der Waals surface area (Å²) in [6, 6.07) is 0. The maximum atomic E-state index is 9.21. The van der Waals surface area contributed by atoms with Crippen molar-refractivity contribution >= 4 is 0 Å². The minimum atomic E-state index is -0.428. The lowest BCUT2D eigenvalue weighted by molar-refractivity contribution is -0.145. The van der Waals surface area contributed by atoms with Gasteiger partial charge in [0, 0.05) is 13.2 Å². The molecule has 0 spiro atoms. The van der Waals surface area contributed by atoms with Gasteiger partial charge in [0.2, 0.25) is 0 Å². The Kier molecular flexibility index (Phi) is 42.2. The van der Waals surface area contributed by atoms with E-state index in [2.05, 4.69) is 13.8 Å². The third-order valence-electron chi connectivity index (χ3n) is 10.6. The number of rotatable bonds is 41. The van der Waals surface area contributed by atoms with E-state index < -0.39 is 5.79 Å². The minimum Gasteiger partial charge on any atom is -0.394 e. The Morgan fingerprint density at radius 2 is 0.852 bits per heavy atom. The first kappa shape index (κ1) is 53.8. The summed E-state index contributed by atoms with van der Waals surface area (Å²) in [4.78, 5) is 0. The van der Waals surface area contributed by atoms with E-state index in [1.54, 1.807) is 0 Å². The molecular weight excluding hydrogens is 673 g/mol. The van der Waals surface area contributed by atoms with Crippen molar-refractivity contribution in [3.05, 3.63) is 0 Å². The highest BCUT2D eigenvalue weighted by atomic mass is 16.7. The summed E-state index contributed by atoms with van der Waals surface area (Å²) in [6.45, 7) is 16.0. The van der Waals surface area contributed by atoms with Crippen molar-refractivity contribution in [2.24, 2.45) is 0 Å². The van der Waals surface area contributed by atoms with E-state index in [0.29, 0.717) is 19.8 Å². The summed E-state index contributed by atoms with van der Waals surface area (Å²) < 4.78 is 28.2. The molecule has 0 amide bonds. The van der Waals surface area contributed by atoms with Crippen LogP contribution in [0.1, 0.15) is 247 Å². The van der Waals surface area contributed by atoms with Gasteiger partial charge < -0.3 is 28.8 Å². The smallest absolute Gasteiger partial charge is 0.163 e. The number of unbranched alkanes of at least 4 members (excludes halogenated alkanes) is 30. The largest absolute Gasteiger partial charge is 0.394 e. The van der Waals surface area contributed by atoms with Crippen LogP contribution in [0.15, 0.2) is 0 Å². The number of aliphatic hydroxyl groups excluding tert-OH is 1. The zero-order valence-corrected chi connectivity index (χ0v) is 37.6. The maximum Gasteiger partial charge on any atom is 0.163 e. The van der Waals surface area contributed by atoms with Crippen LogP contribution in [0.2, 0.25) is 0 Å². The van der Waals surface area contributed by atoms with E-state index in [9.17, 15) is 5.11 Å². The van der Waals surface area contributed by atoms with Gasteiger partial charge in [-0.2, -0.15) is 0 Å². The molecule has 6 nitrogen and oxygen atoms in total. The molecule has 0 unspecified atom stereocenters. The first-order valence-electron chi connectivity index (χ1n) is 24.1. The molecule has 1 heterocycles. The van der Waals surface area contributed by atoms with Crippen LogP contribution in [0.4, 0.5) is 0 Å². The summed E-state index contributed by atoms with van der Waals surface area (Å²) in [6.07, 6.45) is 44.8. The summed E-state index contributed by atoms with van der Waals surface area (Å²) in [5.41, 5.74) is 0. The fourth-order valence-corrected chi connectivity index (χ4v) is 7.30. The quantitative estimate of drug-likeness (QED) is 0.0625. The van der Waals surface area contributed by atoms with E-state index in [-0.39, 0.29) is 24.9 Å². The van der Waals surface area contributed by atoms with Gasteiger partial charge >= 0.3 is 0 Å². The van der Waals surface area contributed by atoms with Crippen molar-refractivity contribution < 1.29 is 28.8 Å². The summed E-state index contributed by atoms with van der Waals surface area (Å²) in [5, 5.41) is 9.21.